The number of benzene rings is 1. The lowest BCUT2D eigenvalue weighted by Crippen LogP contribution is -2.42. The van der Waals surface area contributed by atoms with E-state index in [1.54, 1.807) is 0 Å². The average Bonchev–Trinajstić information content (AvgIpc) is 2.68. The molecule has 0 amide bonds. The molecule has 1 aliphatic rings. The fourth-order valence-corrected chi connectivity index (χ4v) is 2.53. The minimum atomic E-state index is 0.352. The highest BCUT2D eigenvalue weighted by molar-refractivity contribution is 6.31. The van der Waals surface area contributed by atoms with Crippen molar-refractivity contribution in [3.8, 4) is 0 Å². The van der Waals surface area contributed by atoms with Crippen molar-refractivity contribution >= 4 is 22.6 Å². The fraction of sp³-hybridized carbons (Fsp3) is 0.462. The molecular formula is C13H16ClN3O. The van der Waals surface area contributed by atoms with Gasteiger partial charge in [0.2, 0.25) is 0 Å². The van der Waals surface area contributed by atoms with Crippen molar-refractivity contribution in [2.45, 2.75) is 12.5 Å². The number of aryl methyl sites for hydroxylation is 1. The molecule has 2 heterocycles. The Morgan fingerprint density at radius 3 is 3.22 bits per heavy atom. The molecule has 18 heavy (non-hydrogen) atoms. The van der Waals surface area contributed by atoms with E-state index in [2.05, 4.69) is 14.9 Å². The van der Waals surface area contributed by atoms with E-state index in [1.807, 2.05) is 25.2 Å². The molecular weight excluding hydrogens is 250 g/mol. The smallest absolute Gasteiger partial charge is 0.111 e. The molecule has 0 aliphatic carbocycles. The van der Waals surface area contributed by atoms with Gasteiger partial charge in [-0.2, -0.15) is 0 Å². The molecule has 1 aliphatic heterocycles. The van der Waals surface area contributed by atoms with E-state index in [-0.39, 0.29) is 0 Å². The van der Waals surface area contributed by atoms with Gasteiger partial charge >= 0.3 is 0 Å². The summed E-state index contributed by atoms with van der Waals surface area (Å²) in [5.74, 6) is 1.07. The van der Waals surface area contributed by atoms with Crippen LogP contribution in [0.3, 0.4) is 0 Å². The molecule has 4 nitrogen and oxygen atoms in total. The maximum absolute atomic E-state index is 6.02. The Kier molecular flexibility index (Phi) is 3.24. The van der Waals surface area contributed by atoms with Crippen molar-refractivity contribution in [1.29, 1.82) is 0 Å². The minimum absolute atomic E-state index is 0.352. The molecule has 2 aromatic rings. The molecule has 1 N–H and O–H groups in total. The number of halogens is 1. The number of nitrogens with one attached hydrogen (secondary N) is 1. The summed E-state index contributed by atoms with van der Waals surface area (Å²) in [6.45, 7) is 2.47. The van der Waals surface area contributed by atoms with Crippen LogP contribution in [0, 0.1) is 0 Å². The SMILES string of the molecule is Cn1c(CC2COCCN2)nc2ccc(Cl)cc21. The Morgan fingerprint density at radius 2 is 2.44 bits per heavy atom. The average molecular weight is 266 g/mol. The summed E-state index contributed by atoms with van der Waals surface area (Å²) in [5.41, 5.74) is 2.07. The third kappa shape index (κ3) is 2.23. The van der Waals surface area contributed by atoms with Gasteiger partial charge in [0.1, 0.15) is 5.82 Å². The number of aromatic nitrogens is 2. The molecule has 5 heteroatoms. The Labute approximate surface area is 111 Å². The first-order valence-corrected chi connectivity index (χ1v) is 6.54. The molecule has 1 aromatic carbocycles. The molecule has 1 fully saturated rings. The lowest BCUT2D eigenvalue weighted by Gasteiger charge is -2.23. The van der Waals surface area contributed by atoms with Crippen LogP contribution in [0.25, 0.3) is 11.0 Å². The number of imidazole rings is 1. The lowest BCUT2D eigenvalue weighted by atomic mass is 10.2. The normalized spacial score (nSPS) is 20.4. The van der Waals surface area contributed by atoms with E-state index in [0.717, 1.165) is 48.1 Å². The van der Waals surface area contributed by atoms with Crippen LogP contribution in [0.5, 0.6) is 0 Å². The van der Waals surface area contributed by atoms with Crippen molar-refractivity contribution in [1.82, 2.24) is 14.9 Å². The van der Waals surface area contributed by atoms with E-state index in [4.69, 9.17) is 16.3 Å². The quantitative estimate of drug-likeness (QED) is 0.899. The number of fused-ring (bicyclic) bond motifs is 1. The molecule has 0 bridgehead atoms. The highest BCUT2D eigenvalue weighted by atomic mass is 35.5. The Morgan fingerprint density at radius 1 is 1.56 bits per heavy atom. The summed E-state index contributed by atoms with van der Waals surface area (Å²) < 4.78 is 7.58. The highest BCUT2D eigenvalue weighted by Gasteiger charge is 2.17. The zero-order valence-corrected chi connectivity index (χ0v) is 11.1. The third-order valence-electron chi connectivity index (χ3n) is 3.36. The van der Waals surface area contributed by atoms with Gasteiger partial charge in [0.15, 0.2) is 0 Å². The van der Waals surface area contributed by atoms with Gasteiger partial charge in [-0.15, -0.1) is 0 Å². The first-order valence-electron chi connectivity index (χ1n) is 6.16. The first kappa shape index (κ1) is 12.0. The number of hydrogen-bond acceptors (Lipinski definition) is 3. The molecule has 0 spiro atoms. The number of nitrogens with zero attached hydrogens (tertiary/aromatic N) is 2. The zero-order valence-electron chi connectivity index (χ0n) is 10.3. The number of hydrogen-bond donors (Lipinski definition) is 1. The summed E-state index contributed by atoms with van der Waals surface area (Å²) in [6, 6.07) is 6.15. The topological polar surface area (TPSA) is 39.1 Å². The maximum Gasteiger partial charge on any atom is 0.111 e. The van der Waals surface area contributed by atoms with Crippen molar-refractivity contribution in [3.63, 3.8) is 0 Å². The zero-order chi connectivity index (χ0) is 12.5. The van der Waals surface area contributed by atoms with Gasteiger partial charge < -0.3 is 14.6 Å². The van der Waals surface area contributed by atoms with Crippen LogP contribution < -0.4 is 5.32 Å². The van der Waals surface area contributed by atoms with Gasteiger partial charge in [-0.05, 0) is 18.2 Å². The second-order valence-electron chi connectivity index (χ2n) is 4.65. The van der Waals surface area contributed by atoms with Crippen molar-refractivity contribution in [3.05, 3.63) is 29.0 Å². The van der Waals surface area contributed by atoms with E-state index in [1.165, 1.54) is 0 Å². The molecule has 96 valence electrons. The van der Waals surface area contributed by atoms with E-state index in [9.17, 15) is 0 Å². The monoisotopic (exact) mass is 265 g/mol. The Hall–Kier alpha value is -1.10. The summed E-state index contributed by atoms with van der Waals surface area (Å²) in [5, 5.41) is 4.19. The van der Waals surface area contributed by atoms with Gasteiger partial charge in [0.25, 0.3) is 0 Å². The van der Waals surface area contributed by atoms with Gasteiger partial charge in [-0.25, -0.2) is 4.98 Å². The third-order valence-corrected chi connectivity index (χ3v) is 3.60. The van der Waals surface area contributed by atoms with E-state index in [0.29, 0.717) is 6.04 Å². The first-order chi connectivity index (χ1) is 8.74. The predicted octanol–water partition coefficient (Wildman–Crippen LogP) is 1.76. The lowest BCUT2D eigenvalue weighted by molar-refractivity contribution is 0.0762. The molecule has 1 atom stereocenters. The van der Waals surface area contributed by atoms with Crippen LogP contribution in [-0.4, -0.2) is 35.4 Å². The molecule has 0 radical (unpaired) electrons. The highest BCUT2D eigenvalue weighted by Crippen LogP contribution is 2.20. The summed E-state index contributed by atoms with van der Waals surface area (Å²) in [4.78, 5) is 4.66. The van der Waals surface area contributed by atoms with E-state index >= 15 is 0 Å². The molecule has 1 unspecified atom stereocenters. The van der Waals surface area contributed by atoms with Crippen LogP contribution in [-0.2, 0) is 18.2 Å². The predicted molar refractivity (Wildman–Crippen MR) is 72.0 cm³/mol. The van der Waals surface area contributed by atoms with Gasteiger partial charge in [-0.3, -0.25) is 0 Å². The second-order valence-corrected chi connectivity index (χ2v) is 5.09. The Balaban J connectivity index is 1.89. The van der Waals surface area contributed by atoms with Crippen molar-refractivity contribution in [2.24, 2.45) is 7.05 Å². The summed E-state index contributed by atoms with van der Waals surface area (Å²) >= 11 is 6.02. The van der Waals surface area contributed by atoms with Crippen LogP contribution >= 0.6 is 11.6 Å². The van der Waals surface area contributed by atoms with Gasteiger partial charge in [0, 0.05) is 31.1 Å². The maximum atomic E-state index is 6.02. The molecule has 0 saturated carbocycles. The number of ether oxygens (including phenoxy) is 1. The summed E-state index contributed by atoms with van der Waals surface area (Å²) in [7, 11) is 2.03. The summed E-state index contributed by atoms with van der Waals surface area (Å²) in [6.07, 6.45) is 0.878. The minimum Gasteiger partial charge on any atom is -0.379 e. The van der Waals surface area contributed by atoms with E-state index < -0.39 is 0 Å². The van der Waals surface area contributed by atoms with Gasteiger partial charge in [0.05, 0.1) is 24.2 Å². The second kappa shape index (κ2) is 4.88. The number of morpholine rings is 1. The van der Waals surface area contributed by atoms with Crippen molar-refractivity contribution in [2.75, 3.05) is 19.8 Å². The van der Waals surface area contributed by atoms with Crippen LogP contribution in [0.1, 0.15) is 5.82 Å². The van der Waals surface area contributed by atoms with Crippen LogP contribution in [0.15, 0.2) is 18.2 Å². The Bertz CT molecular complexity index is 561. The van der Waals surface area contributed by atoms with Gasteiger partial charge in [-0.1, -0.05) is 11.6 Å². The molecule has 1 saturated heterocycles. The molecule has 1 aromatic heterocycles. The standard InChI is InChI=1S/C13H16ClN3O/c1-17-12-6-9(14)2-3-11(12)16-13(17)7-10-8-18-5-4-15-10/h2-3,6,10,15H,4-5,7-8H2,1H3. The fourth-order valence-electron chi connectivity index (χ4n) is 2.37. The van der Waals surface area contributed by atoms with Crippen LogP contribution in [0.4, 0.5) is 0 Å². The molecule has 3 rings (SSSR count). The number of rotatable bonds is 2. The largest absolute Gasteiger partial charge is 0.379 e. The van der Waals surface area contributed by atoms with Crippen LogP contribution in [0.2, 0.25) is 5.02 Å². The van der Waals surface area contributed by atoms with Crippen molar-refractivity contribution < 1.29 is 4.74 Å².